The molecule has 1 rings (SSSR count). The second kappa shape index (κ2) is 3.25. The first-order chi connectivity index (χ1) is 4.88. The zero-order chi connectivity index (χ0) is 7.40. The number of amides is 1. The summed E-state index contributed by atoms with van der Waals surface area (Å²) >= 11 is 0. The molecule has 0 bridgehead atoms. The van der Waals surface area contributed by atoms with Crippen molar-refractivity contribution in [3.63, 3.8) is 0 Å². The van der Waals surface area contributed by atoms with Gasteiger partial charge < -0.3 is 0 Å². The van der Waals surface area contributed by atoms with Crippen LogP contribution in [0.15, 0.2) is 12.3 Å². The number of hydrazine groups is 1. The quantitative estimate of drug-likeness (QED) is 0.536. The van der Waals surface area contributed by atoms with Gasteiger partial charge in [0.25, 0.3) is 0 Å². The van der Waals surface area contributed by atoms with Gasteiger partial charge in [-0.1, -0.05) is 6.08 Å². The van der Waals surface area contributed by atoms with Crippen LogP contribution in [0.2, 0.25) is 0 Å². The Morgan fingerprint density at radius 2 is 2.60 bits per heavy atom. The van der Waals surface area contributed by atoms with Crippen molar-refractivity contribution in [1.29, 1.82) is 0 Å². The lowest BCUT2D eigenvalue weighted by molar-refractivity contribution is -0.129. The second-order valence-corrected chi connectivity index (χ2v) is 2.20. The highest BCUT2D eigenvalue weighted by molar-refractivity contribution is 5.46. The third-order valence-corrected chi connectivity index (χ3v) is 1.58. The van der Waals surface area contributed by atoms with Crippen LogP contribution in [0, 0.1) is 0 Å². The Labute approximate surface area is 60.9 Å². The first kappa shape index (κ1) is 7.12. The molecule has 1 heterocycles. The number of hydrogen-bond acceptors (Lipinski definition) is 2. The van der Waals surface area contributed by atoms with E-state index in [4.69, 9.17) is 0 Å². The van der Waals surface area contributed by atoms with Gasteiger partial charge in [0, 0.05) is 19.3 Å². The molecule has 3 heteroatoms. The normalized spacial score (nSPS) is 15.9. The van der Waals surface area contributed by atoms with Gasteiger partial charge in [0.2, 0.25) is 6.41 Å². The highest BCUT2D eigenvalue weighted by atomic mass is 16.1. The largest absolute Gasteiger partial charge is 0.291 e. The van der Waals surface area contributed by atoms with Crippen LogP contribution in [0.1, 0.15) is 13.3 Å². The Bertz CT molecular complexity index is 145. The molecule has 56 valence electrons. The Hall–Kier alpha value is -0.990. The first-order valence-corrected chi connectivity index (χ1v) is 3.53. The Balaban J connectivity index is 2.44. The zero-order valence-corrected chi connectivity index (χ0v) is 6.16. The molecule has 0 aromatic rings. The maximum Gasteiger partial charge on any atom is 0.228 e. The van der Waals surface area contributed by atoms with E-state index in [1.807, 2.05) is 18.1 Å². The molecule has 0 aromatic carbocycles. The van der Waals surface area contributed by atoms with Gasteiger partial charge in [-0.3, -0.25) is 14.8 Å². The lowest BCUT2D eigenvalue weighted by Crippen LogP contribution is -2.36. The maximum absolute atomic E-state index is 10.4. The number of carbonyl (C=O) groups excluding carboxylic acids is 1. The number of carbonyl (C=O) groups is 1. The maximum atomic E-state index is 10.4. The molecule has 0 aliphatic carbocycles. The summed E-state index contributed by atoms with van der Waals surface area (Å²) in [5.74, 6) is 0. The summed E-state index contributed by atoms with van der Waals surface area (Å²) in [6.45, 7) is 3.64. The lowest BCUT2D eigenvalue weighted by atomic mass is 10.5. The average molecular weight is 140 g/mol. The molecular formula is C7H12N2O. The monoisotopic (exact) mass is 140 g/mol. The summed E-state index contributed by atoms with van der Waals surface area (Å²) in [5, 5.41) is 3.58. The zero-order valence-electron chi connectivity index (χ0n) is 6.16. The molecule has 1 aliphatic heterocycles. The predicted molar refractivity (Wildman–Crippen MR) is 38.9 cm³/mol. The minimum atomic E-state index is 0.744. The van der Waals surface area contributed by atoms with Crippen LogP contribution in [0.3, 0.4) is 0 Å². The van der Waals surface area contributed by atoms with E-state index in [9.17, 15) is 4.79 Å². The molecule has 3 nitrogen and oxygen atoms in total. The van der Waals surface area contributed by atoms with Crippen molar-refractivity contribution in [2.24, 2.45) is 0 Å². The van der Waals surface area contributed by atoms with E-state index in [2.05, 4.69) is 6.08 Å². The molecule has 0 atom stereocenters. The van der Waals surface area contributed by atoms with Gasteiger partial charge in [-0.2, -0.15) is 0 Å². The summed E-state index contributed by atoms with van der Waals surface area (Å²) in [6.07, 6.45) is 5.91. The fourth-order valence-corrected chi connectivity index (χ4v) is 1.01. The summed E-state index contributed by atoms with van der Waals surface area (Å²) in [5.41, 5.74) is 0. The fraction of sp³-hybridized carbons (Fsp3) is 0.571. The molecule has 0 saturated carbocycles. The van der Waals surface area contributed by atoms with Gasteiger partial charge in [-0.05, 0) is 13.3 Å². The third-order valence-electron chi connectivity index (χ3n) is 1.58. The molecule has 0 saturated heterocycles. The molecule has 1 amide bonds. The summed E-state index contributed by atoms with van der Waals surface area (Å²) < 4.78 is 0. The van der Waals surface area contributed by atoms with Gasteiger partial charge in [-0.25, -0.2) is 0 Å². The smallest absolute Gasteiger partial charge is 0.228 e. The van der Waals surface area contributed by atoms with E-state index in [1.165, 1.54) is 0 Å². The second-order valence-electron chi connectivity index (χ2n) is 2.20. The van der Waals surface area contributed by atoms with Crippen molar-refractivity contribution >= 4 is 6.41 Å². The predicted octanol–water partition coefficient (Wildman–Crippen LogP) is 0.599. The average Bonchev–Trinajstić information content (AvgIpc) is 2.43. The van der Waals surface area contributed by atoms with E-state index in [0.29, 0.717) is 0 Å². The molecule has 0 fully saturated rings. The van der Waals surface area contributed by atoms with E-state index in [1.54, 1.807) is 5.01 Å². The van der Waals surface area contributed by atoms with E-state index >= 15 is 0 Å². The minimum Gasteiger partial charge on any atom is -0.291 e. The molecule has 1 aliphatic rings. The number of nitrogens with zero attached hydrogens (tertiary/aromatic N) is 2. The van der Waals surface area contributed by atoms with Crippen LogP contribution in [0.5, 0.6) is 0 Å². The Kier molecular flexibility index (Phi) is 2.31. The van der Waals surface area contributed by atoms with Crippen LogP contribution in [-0.4, -0.2) is 29.5 Å². The summed E-state index contributed by atoms with van der Waals surface area (Å²) in [6, 6.07) is 0. The lowest BCUT2D eigenvalue weighted by Gasteiger charge is -2.26. The first-order valence-electron chi connectivity index (χ1n) is 3.53. The summed E-state index contributed by atoms with van der Waals surface area (Å²) in [7, 11) is 0. The van der Waals surface area contributed by atoms with Gasteiger partial charge in [0.1, 0.15) is 0 Å². The van der Waals surface area contributed by atoms with E-state index in [-0.39, 0.29) is 0 Å². The van der Waals surface area contributed by atoms with E-state index in [0.717, 1.165) is 25.9 Å². The SMILES string of the molecule is CCN(C=O)N1C=CCC1. The van der Waals surface area contributed by atoms with Crippen LogP contribution >= 0.6 is 0 Å². The standard InChI is InChI=1S/C7H12N2O/c1-2-8(7-10)9-5-3-4-6-9/h3,5,7H,2,4,6H2,1H3. The van der Waals surface area contributed by atoms with Gasteiger partial charge in [0.05, 0.1) is 0 Å². The van der Waals surface area contributed by atoms with Crippen molar-refractivity contribution in [3.8, 4) is 0 Å². The number of hydrogen-bond donors (Lipinski definition) is 0. The van der Waals surface area contributed by atoms with Gasteiger partial charge >= 0.3 is 0 Å². The molecule has 0 aromatic heterocycles. The molecular weight excluding hydrogens is 128 g/mol. The Morgan fingerprint density at radius 3 is 3.00 bits per heavy atom. The topological polar surface area (TPSA) is 23.6 Å². The van der Waals surface area contributed by atoms with Crippen molar-refractivity contribution < 1.29 is 4.79 Å². The van der Waals surface area contributed by atoms with Gasteiger partial charge in [-0.15, -0.1) is 0 Å². The van der Waals surface area contributed by atoms with Crippen molar-refractivity contribution in [3.05, 3.63) is 12.3 Å². The molecule has 0 radical (unpaired) electrons. The molecule has 0 unspecified atom stereocenters. The van der Waals surface area contributed by atoms with Gasteiger partial charge in [0.15, 0.2) is 0 Å². The van der Waals surface area contributed by atoms with E-state index < -0.39 is 0 Å². The minimum absolute atomic E-state index is 0.744. The fourth-order valence-electron chi connectivity index (χ4n) is 1.01. The molecule has 10 heavy (non-hydrogen) atoms. The highest BCUT2D eigenvalue weighted by Gasteiger charge is 2.09. The molecule has 0 spiro atoms. The van der Waals surface area contributed by atoms with Crippen LogP contribution in [0.4, 0.5) is 0 Å². The molecule has 0 N–H and O–H groups in total. The van der Waals surface area contributed by atoms with Crippen LogP contribution in [-0.2, 0) is 4.79 Å². The van der Waals surface area contributed by atoms with Crippen molar-refractivity contribution in [2.45, 2.75) is 13.3 Å². The number of rotatable bonds is 3. The highest BCUT2D eigenvalue weighted by Crippen LogP contribution is 2.05. The van der Waals surface area contributed by atoms with Crippen molar-refractivity contribution in [2.75, 3.05) is 13.1 Å². The van der Waals surface area contributed by atoms with Crippen LogP contribution < -0.4 is 0 Å². The Morgan fingerprint density at radius 1 is 1.80 bits per heavy atom. The van der Waals surface area contributed by atoms with Crippen LogP contribution in [0.25, 0.3) is 0 Å². The third kappa shape index (κ3) is 1.29. The van der Waals surface area contributed by atoms with Crippen molar-refractivity contribution in [1.82, 2.24) is 10.0 Å². The summed E-state index contributed by atoms with van der Waals surface area (Å²) in [4.78, 5) is 10.4.